The lowest BCUT2D eigenvalue weighted by atomic mass is 9.90. The molecule has 5 nitrogen and oxygen atoms in total. The third-order valence-electron chi connectivity index (χ3n) is 6.99. The van der Waals surface area contributed by atoms with Gasteiger partial charge in [0.05, 0.1) is 13.0 Å². The highest BCUT2D eigenvalue weighted by molar-refractivity contribution is 5.91. The lowest BCUT2D eigenvalue weighted by Crippen LogP contribution is -2.44. The summed E-state index contributed by atoms with van der Waals surface area (Å²) < 4.78 is 5.12. The highest BCUT2D eigenvalue weighted by atomic mass is 16.5. The summed E-state index contributed by atoms with van der Waals surface area (Å²) in [5.41, 5.74) is 3.17. The van der Waals surface area contributed by atoms with Crippen LogP contribution in [0.4, 0.5) is 0 Å². The van der Waals surface area contributed by atoms with Gasteiger partial charge in [0.1, 0.15) is 6.04 Å². The van der Waals surface area contributed by atoms with Crippen LogP contribution in [0, 0.1) is 0 Å². The Morgan fingerprint density at radius 3 is 2.00 bits per heavy atom. The van der Waals surface area contributed by atoms with Crippen molar-refractivity contribution < 1.29 is 14.3 Å². The van der Waals surface area contributed by atoms with Crippen molar-refractivity contribution in [1.82, 2.24) is 9.80 Å². The largest absolute Gasteiger partial charge is 0.467 e. The van der Waals surface area contributed by atoms with E-state index in [1.807, 2.05) is 66.7 Å². The molecular formula is C30H34N2O3. The Hall–Kier alpha value is -3.44. The fraction of sp³-hybridized carbons (Fsp3) is 0.333. The second kappa shape index (κ2) is 11.8. The maximum atomic E-state index is 14.0. The molecular weight excluding hydrogens is 436 g/mol. The number of amides is 1. The number of benzene rings is 3. The van der Waals surface area contributed by atoms with E-state index in [0.717, 1.165) is 30.5 Å². The van der Waals surface area contributed by atoms with Gasteiger partial charge in [-0.15, -0.1) is 0 Å². The van der Waals surface area contributed by atoms with Crippen LogP contribution in [0.2, 0.25) is 0 Å². The number of ether oxygens (including phenoxy) is 1. The third kappa shape index (κ3) is 5.98. The van der Waals surface area contributed by atoms with Gasteiger partial charge in [-0.25, -0.2) is 4.79 Å². The van der Waals surface area contributed by atoms with Crippen molar-refractivity contribution in [3.8, 4) is 0 Å². The fourth-order valence-corrected chi connectivity index (χ4v) is 5.03. The van der Waals surface area contributed by atoms with Gasteiger partial charge in [0.15, 0.2) is 0 Å². The molecule has 1 heterocycles. The molecule has 5 heteroatoms. The van der Waals surface area contributed by atoms with Gasteiger partial charge in [0.2, 0.25) is 5.91 Å². The van der Waals surface area contributed by atoms with Gasteiger partial charge >= 0.3 is 5.97 Å². The van der Waals surface area contributed by atoms with Crippen LogP contribution in [0.3, 0.4) is 0 Å². The minimum absolute atomic E-state index is 0.0574. The van der Waals surface area contributed by atoms with E-state index in [1.165, 1.54) is 12.7 Å². The lowest BCUT2D eigenvalue weighted by molar-refractivity contribution is -0.151. The number of hydrogen-bond donors (Lipinski definition) is 0. The molecule has 182 valence electrons. The summed E-state index contributed by atoms with van der Waals surface area (Å²) in [6, 6.07) is 29.6. The van der Waals surface area contributed by atoms with Crippen LogP contribution in [0.5, 0.6) is 0 Å². The molecule has 0 radical (unpaired) electrons. The summed E-state index contributed by atoms with van der Waals surface area (Å²) in [6.07, 6.45) is 2.60. The summed E-state index contributed by atoms with van der Waals surface area (Å²) in [5, 5.41) is 0. The van der Waals surface area contributed by atoms with E-state index in [-0.39, 0.29) is 17.9 Å². The Balaban J connectivity index is 1.52. The second-order valence-corrected chi connectivity index (χ2v) is 9.24. The van der Waals surface area contributed by atoms with E-state index in [9.17, 15) is 9.59 Å². The molecule has 2 unspecified atom stereocenters. The van der Waals surface area contributed by atoms with Crippen molar-refractivity contribution in [3.05, 3.63) is 108 Å². The maximum Gasteiger partial charge on any atom is 0.328 e. The van der Waals surface area contributed by atoms with Crippen LogP contribution in [-0.2, 0) is 20.7 Å². The smallest absolute Gasteiger partial charge is 0.328 e. The fourth-order valence-electron chi connectivity index (χ4n) is 5.03. The molecule has 1 amide bonds. The first-order valence-electron chi connectivity index (χ1n) is 12.3. The molecule has 0 N–H and O–H groups in total. The van der Waals surface area contributed by atoms with Crippen LogP contribution in [0.1, 0.15) is 35.4 Å². The lowest BCUT2D eigenvalue weighted by Gasteiger charge is -2.29. The van der Waals surface area contributed by atoms with E-state index in [0.29, 0.717) is 13.0 Å². The summed E-state index contributed by atoms with van der Waals surface area (Å²) in [7, 11) is 3.48. The minimum atomic E-state index is -0.580. The molecule has 0 saturated carbocycles. The molecule has 1 fully saturated rings. The number of esters is 1. The normalized spacial score (nSPS) is 17.7. The van der Waals surface area contributed by atoms with E-state index < -0.39 is 12.0 Å². The van der Waals surface area contributed by atoms with Gasteiger partial charge in [-0.3, -0.25) is 4.79 Å². The van der Waals surface area contributed by atoms with Crippen molar-refractivity contribution in [1.29, 1.82) is 0 Å². The van der Waals surface area contributed by atoms with Gasteiger partial charge in [-0.2, -0.15) is 0 Å². The number of rotatable bonds is 9. The number of likely N-dealkylation sites (tertiary alicyclic amines) is 1. The summed E-state index contributed by atoms with van der Waals surface area (Å²) >= 11 is 0. The maximum absolute atomic E-state index is 14.0. The number of methoxy groups -OCH3 is 1. The Morgan fingerprint density at radius 2 is 1.46 bits per heavy atom. The van der Waals surface area contributed by atoms with Gasteiger partial charge in [0.25, 0.3) is 0 Å². The number of aryl methyl sites for hydroxylation is 1. The van der Waals surface area contributed by atoms with Gasteiger partial charge in [0, 0.05) is 12.6 Å². The average molecular weight is 471 g/mol. The van der Waals surface area contributed by atoms with Crippen LogP contribution >= 0.6 is 0 Å². The monoisotopic (exact) mass is 470 g/mol. The number of hydrogen-bond acceptors (Lipinski definition) is 4. The van der Waals surface area contributed by atoms with Crippen molar-refractivity contribution in [2.75, 3.05) is 27.2 Å². The van der Waals surface area contributed by atoms with E-state index >= 15 is 0 Å². The minimum Gasteiger partial charge on any atom is -0.467 e. The number of likely N-dealkylation sites (N-methyl/N-ethyl adjacent to an activating group) is 1. The number of nitrogens with zero attached hydrogens (tertiary/aromatic N) is 2. The molecule has 1 saturated heterocycles. The van der Waals surface area contributed by atoms with Crippen LogP contribution in [0.15, 0.2) is 91.0 Å². The number of carbonyl (C=O) groups excluding carboxylic acids is 2. The zero-order valence-electron chi connectivity index (χ0n) is 20.5. The molecule has 3 aromatic carbocycles. The molecule has 4 rings (SSSR count). The predicted octanol–water partition coefficient (Wildman–Crippen LogP) is 4.53. The van der Waals surface area contributed by atoms with Gasteiger partial charge in [-0.05, 0) is 49.5 Å². The van der Waals surface area contributed by atoms with Crippen LogP contribution < -0.4 is 0 Å². The standard InChI is InChI=1S/C30H34N2O3/c1-31(20-12-15-23-13-6-3-7-14-23)26-21-27(30(34)35-2)32(22-26)29(33)28(24-16-8-4-9-17-24)25-18-10-5-11-19-25/h3-11,13-14,16-19,26-28H,12,15,20-22H2,1-2H3. The van der Waals surface area contributed by atoms with Crippen molar-refractivity contribution >= 4 is 11.9 Å². The SMILES string of the molecule is COC(=O)C1CC(N(C)CCCc2ccccc2)CN1C(=O)C(c1ccccc1)c1ccccc1. The molecule has 3 aromatic rings. The summed E-state index contributed by atoms with van der Waals surface area (Å²) in [5.74, 6) is -0.872. The molecule has 35 heavy (non-hydrogen) atoms. The molecule has 0 aromatic heterocycles. The Bertz CT molecular complexity index is 1050. The first kappa shape index (κ1) is 24.7. The zero-order chi connectivity index (χ0) is 24.6. The Labute approximate surface area is 208 Å². The zero-order valence-corrected chi connectivity index (χ0v) is 20.5. The first-order valence-corrected chi connectivity index (χ1v) is 12.3. The van der Waals surface area contributed by atoms with E-state index in [2.05, 4.69) is 36.2 Å². The predicted molar refractivity (Wildman–Crippen MR) is 138 cm³/mol. The van der Waals surface area contributed by atoms with Crippen molar-refractivity contribution in [2.24, 2.45) is 0 Å². The molecule has 1 aliphatic heterocycles. The topological polar surface area (TPSA) is 49.9 Å². The highest BCUT2D eigenvalue weighted by Crippen LogP contribution is 2.32. The first-order chi connectivity index (χ1) is 17.1. The van der Waals surface area contributed by atoms with Gasteiger partial charge in [-0.1, -0.05) is 91.0 Å². The van der Waals surface area contributed by atoms with E-state index in [1.54, 1.807) is 4.90 Å². The van der Waals surface area contributed by atoms with Crippen LogP contribution in [-0.4, -0.2) is 61.0 Å². The molecule has 0 aliphatic carbocycles. The average Bonchev–Trinajstić information content (AvgIpc) is 3.36. The number of carbonyl (C=O) groups is 2. The highest BCUT2D eigenvalue weighted by Gasteiger charge is 2.44. The van der Waals surface area contributed by atoms with Crippen molar-refractivity contribution in [2.45, 2.75) is 37.3 Å². The summed E-state index contributed by atoms with van der Waals surface area (Å²) in [6.45, 7) is 1.41. The Kier molecular flexibility index (Phi) is 8.32. The van der Waals surface area contributed by atoms with Crippen molar-refractivity contribution in [3.63, 3.8) is 0 Å². The third-order valence-corrected chi connectivity index (χ3v) is 6.99. The van der Waals surface area contributed by atoms with Crippen LogP contribution in [0.25, 0.3) is 0 Å². The second-order valence-electron chi connectivity index (χ2n) is 9.24. The summed E-state index contributed by atoms with van der Waals surface area (Å²) in [4.78, 5) is 30.8. The molecule has 2 atom stereocenters. The molecule has 0 bridgehead atoms. The van der Waals surface area contributed by atoms with Gasteiger partial charge < -0.3 is 14.5 Å². The Morgan fingerprint density at radius 1 is 0.914 bits per heavy atom. The quantitative estimate of drug-likeness (QED) is 0.432. The molecule has 0 spiro atoms. The van der Waals surface area contributed by atoms with E-state index in [4.69, 9.17) is 4.74 Å². The molecule has 1 aliphatic rings.